The lowest BCUT2D eigenvalue weighted by molar-refractivity contribution is -0.148. The van der Waals surface area contributed by atoms with Gasteiger partial charge in [0, 0.05) is 114 Å². The Balaban J connectivity index is 0.777. The predicted molar refractivity (Wildman–Crippen MR) is 464 cm³/mol. The molecule has 12 atom stereocenters. The van der Waals surface area contributed by atoms with Gasteiger partial charge < -0.3 is 97.1 Å². The van der Waals surface area contributed by atoms with Crippen molar-refractivity contribution in [2.75, 3.05) is 76.7 Å². The van der Waals surface area contributed by atoms with E-state index in [2.05, 4.69) is 108 Å². The Kier molecular flexibility index (Phi) is 39.5. The number of unbranched alkanes of at least 4 members (excludes halogenated alkanes) is 3. The van der Waals surface area contributed by atoms with Crippen molar-refractivity contribution in [3.63, 3.8) is 0 Å². The van der Waals surface area contributed by atoms with Gasteiger partial charge in [-0.1, -0.05) is 95.2 Å². The van der Waals surface area contributed by atoms with E-state index in [0.717, 1.165) is 46.9 Å². The van der Waals surface area contributed by atoms with Gasteiger partial charge >= 0.3 is 47.1 Å². The number of nitrogens with one attached hydrogen (secondary N) is 6. The number of aryl methyl sites for hydroxylation is 2. The van der Waals surface area contributed by atoms with Crippen LogP contribution in [0.2, 0.25) is 0 Å². The van der Waals surface area contributed by atoms with Crippen molar-refractivity contribution in [3.05, 3.63) is 115 Å². The molecular weight excluding hydrogens is 1760 g/mol. The Morgan fingerprint density at radius 2 is 1.38 bits per heavy atom. The van der Waals surface area contributed by atoms with Crippen LogP contribution < -0.4 is 43.3 Å². The van der Waals surface area contributed by atoms with Crippen LogP contribution in [0.25, 0.3) is 0 Å². The number of hydrogen-bond acceptors (Lipinski definition) is 26. The number of nitrogens with zero attached hydrogens (tertiary/aromatic N) is 6. The Labute approximate surface area is 741 Å². The van der Waals surface area contributed by atoms with Crippen molar-refractivity contribution in [3.8, 4) is 11.8 Å². The molecule has 16 N–H and O–H groups in total. The summed E-state index contributed by atoms with van der Waals surface area (Å²) in [6.07, 6.45) is 5.73. The Morgan fingerprint density at radius 3 is 2.04 bits per heavy atom. The molecule has 127 heavy (non-hydrogen) atoms. The fourth-order valence-corrected chi connectivity index (χ4v) is 20.5. The molecule has 2 aromatic carbocycles. The number of benzene rings is 2. The standard InChI is InChI=1S/C81H112N13O28P3S2/c1-6-19-50-40-52-41-53-42-59(83-7-2)49(4)39-57(53)73(56(52)38-48(50)3)54-21-10-11-22-55(54)78(107)91(5)33-18-27-67(97)84-30-13-8-9-26-66(96)85-31-14-12-23-58(79(108)93-35-17-25-63(93)77(106)88-60(43-71(100)101)75(104)89-61(80(109)110)44-72(102)103)87-76(105)62-24-16-34-92(62)69(99)29-37-127-126-36-28-68(98)86-32-15-20-51-46-94(81(111)90-74(51)82)70-45-64(95)65(120-70)47-119-124(115,116)122-125(117,118)121-123(112,113)114/h10-11,21-22,38-40,42,46,57-58,60-65,70,73,95H,6-9,12-14,16-19,23-37,41,43-45,47H2,1-5H3,(H,84,97)(H,85,96)(H,86,98)(H,87,105)(H,88,106)(H,89,104)(H,100,101)(H,102,103)(H,109,110)(H,115,116)(H,117,118)(H2,82,90,111)(H2,112,113,114)/t57?,58?,60?,61?,62?,63?,64?,65-,70-,73?/m1/s1. The average molecular weight is 1870 g/mol. The number of anilines is 1. The maximum absolute atomic E-state index is 14.7. The molecule has 3 aromatic rings. The van der Waals surface area contributed by atoms with Gasteiger partial charge in [0.2, 0.25) is 47.3 Å². The van der Waals surface area contributed by atoms with Gasteiger partial charge in [-0.05, 0) is 143 Å². The number of carboxylic acids is 3. The number of phosphoric acid groups is 3. The summed E-state index contributed by atoms with van der Waals surface area (Å²) in [5, 5.41) is 54.4. The van der Waals surface area contributed by atoms with Gasteiger partial charge in [0.25, 0.3) is 5.91 Å². The van der Waals surface area contributed by atoms with E-state index < -0.39 is 145 Å². The number of nitrogen functional groups attached to an aromatic ring is 1. The second-order valence-corrected chi connectivity index (χ2v) is 38.3. The molecule has 8 rings (SSSR count). The monoisotopic (exact) mass is 1870 g/mol. The van der Waals surface area contributed by atoms with Gasteiger partial charge in [-0.15, -0.1) is 0 Å². The van der Waals surface area contributed by atoms with E-state index in [4.69, 9.17) is 25.2 Å². The van der Waals surface area contributed by atoms with Crippen molar-refractivity contribution >= 4 is 128 Å². The number of fused-ring (bicyclic) bond motifs is 2. The number of aliphatic imine (C=N–C) groups is 1. The molecule has 0 spiro atoms. The van der Waals surface area contributed by atoms with Crippen LogP contribution in [0.15, 0.2) is 75.7 Å². The number of aliphatic carboxylic acids is 3. The highest BCUT2D eigenvalue weighted by Crippen LogP contribution is 2.66. The summed E-state index contributed by atoms with van der Waals surface area (Å²) in [5.41, 5.74) is 15.0. The first-order valence-electron chi connectivity index (χ1n) is 41.8. The highest BCUT2D eigenvalue weighted by Gasteiger charge is 2.46. The maximum Gasteiger partial charge on any atom is 0.490 e. The largest absolute Gasteiger partial charge is 0.490 e. The number of aliphatic hydroxyl groups excluding tert-OH is 1. The summed E-state index contributed by atoms with van der Waals surface area (Å²) in [4.78, 5) is 221. The van der Waals surface area contributed by atoms with Gasteiger partial charge in [0.15, 0.2) is 0 Å². The fourth-order valence-electron chi connectivity index (χ4n) is 15.5. The average Bonchev–Trinajstić information content (AvgIpc) is 1.30. The van der Waals surface area contributed by atoms with E-state index in [1.165, 1.54) is 59.2 Å². The SMILES string of the molecule is CCCc1cc2c(cc1C)C(c1ccccc1C(=O)N(C)CCCC(=O)NCCCCCC(=O)NCCCCC(NC(=O)C1CCCN1C(=O)CCSSCCC(=O)NCC#Cc1cn([C@H]3CC(O)[C@@H](COP(=O)(O)OP(=O)(O)OP(=O)(O)O)O3)c(=O)nc1N)C(=O)N1CCCC1C(=O)NC(CC(=O)O)C(=O)NC(CC(=O)O)C(=O)O)C1C=C(C)C(=NCC)C=C1C2. The summed E-state index contributed by atoms with van der Waals surface area (Å²) in [6.45, 7) is 9.02. The van der Waals surface area contributed by atoms with Crippen LogP contribution in [0.5, 0.6) is 0 Å². The minimum atomic E-state index is -5.84. The zero-order valence-electron chi connectivity index (χ0n) is 71.1. The smallest absolute Gasteiger partial charge is 0.481 e. The molecule has 0 bridgehead atoms. The normalized spacial score (nSPS) is 20.3. The lowest BCUT2D eigenvalue weighted by Gasteiger charge is -2.38. The Morgan fingerprint density at radius 1 is 0.748 bits per heavy atom. The summed E-state index contributed by atoms with van der Waals surface area (Å²) >= 11 is 0. The molecule has 0 saturated carbocycles. The fraction of sp³-hybridized carbons (Fsp3) is 0.568. The number of carboxylic acid groups (broad SMARTS) is 3. The maximum atomic E-state index is 14.7. The van der Waals surface area contributed by atoms with E-state index in [1.54, 1.807) is 11.9 Å². The van der Waals surface area contributed by atoms with Crippen LogP contribution in [-0.2, 0) is 97.2 Å². The van der Waals surface area contributed by atoms with Gasteiger partial charge in [0.1, 0.15) is 48.4 Å². The third-order valence-electron chi connectivity index (χ3n) is 21.7. The van der Waals surface area contributed by atoms with Gasteiger partial charge in [0.05, 0.1) is 43.4 Å². The first kappa shape index (κ1) is 103. The molecule has 41 nitrogen and oxygen atoms in total. The number of amides is 9. The zero-order valence-corrected chi connectivity index (χ0v) is 75.4. The van der Waals surface area contributed by atoms with Gasteiger partial charge in [-0.25, -0.2) is 23.3 Å². The molecular formula is C81H112N13O28P3S2. The minimum Gasteiger partial charge on any atom is -0.481 e. The summed E-state index contributed by atoms with van der Waals surface area (Å²) in [6, 6.07) is 4.95. The second-order valence-electron chi connectivity index (χ2n) is 31.2. The van der Waals surface area contributed by atoms with E-state index in [-0.39, 0.29) is 149 Å². The summed E-state index contributed by atoms with van der Waals surface area (Å²) in [7, 11) is -12.8. The van der Waals surface area contributed by atoms with Crippen LogP contribution in [-0.4, -0.2) is 254 Å². The van der Waals surface area contributed by atoms with Crippen LogP contribution in [0.1, 0.15) is 199 Å². The molecule has 10 unspecified atom stereocenters. The topological polar surface area (TPSA) is 610 Å². The highest BCUT2D eigenvalue weighted by molar-refractivity contribution is 8.76. The number of rotatable bonds is 48. The highest BCUT2D eigenvalue weighted by atomic mass is 33.1. The van der Waals surface area contributed by atoms with Crippen LogP contribution in [0.4, 0.5) is 5.82 Å². The number of ether oxygens (including phenoxy) is 1. The molecule has 9 amide bonds. The quantitative estimate of drug-likeness (QED) is 0.0162. The number of nitrogens with two attached hydrogens (primary N) is 1. The van der Waals surface area contributed by atoms with Crippen LogP contribution in [0.3, 0.4) is 0 Å². The first-order chi connectivity index (χ1) is 60.2. The van der Waals surface area contributed by atoms with Crippen LogP contribution in [0, 0.1) is 24.7 Å². The number of likely N-dealkylation sites (tertiary alicyclic amines) is 2. The van der Waals surface area contributed by atoms with Crippen molar-refractivity contribution in [1.29, 1.82) is 0 Å². The second kappa shape index (κ2) is 48.8. The van der Waals surface area contributed by atoms with Gasteiger partial charge in [-0.2, -0.15) is 13.6 Å². The number of allylic oxidation sites excluding steroid dienone is 4. The molecule has 1 aromatic heterocycles. The van der Waals surface area contributed by atoms with Crippen molar-refractivity contribution < 1.29 is 129 Å². The Hall–Kier alpha value is -9.50. The van der Waals surface area contributed by atoms with E-state index in [9.17, 15) is 106 Å². The predicted octanol–water partition coefficient (Wildman–Crippen LogP) is 4.34. The molecule has 0 radical (unpaired) electrons. The van der Waals surface area contributed by atoms with Crippen molar-refractivity contribution in [1.82, 2.24) is 56.2 Å². The number of aromatic nitrogens is 2. The van der Waals surface area contributed by atoms with E-state index in [1.807, 2.05) is 30.4 Å². The lowest BCUT2D eigenvalue weighted by Crippen LogP contribution is -2.58. The Bertz CT molecular complexity index is 4920. The van der Waals surface area contributed by atoms with E-state index in [0.29, 0.717) is 63.7 Å². The molecule has 3 saturated heterocycles. The number of carbonyl (C=O) groups excluding carboxylic acids is 9. The molecule has 4 heterocycles. The van der Waals surface area contributed by atoms with Crippen molar-refractivity contribution in [2.45, 2.75) is 217 Å². The number of hydrogen-bond donors (Lipinski definition) is 15. The zero-order chi connectivity index (χ0) is 93.0. The summed E-state index contributed by atoms with van der Waals surface area (Å²) < 4.78 is 53.1. The molecule has 2 aliphatic carbocycles. The number of carbonyl (C=O) groups is 12. The molecule has 3 fully saturated rings. The molecule has 3 aliphatic heterocycles. The molecule has 5 aliphatic rings. The summed E-state index contributed by atoms with van der Waals surface area (Å²) in [5.74, 6) is -4.48. The number of aliphatic hydroxyl groups is 1. The minimum absolute atomic E-state index is 0.00950. The number of phosphoric ester groups is 1. The van der Waals surface area contributed by atoms with E-state index >= 15 is 0 Å². The van der Waals surface area contributed by atoms with Crippen molar-refractivity contribution in [2.24, 2.45) is 10.9 Å². The molecule has 46 heteroatoms. The van der Waals surface area contributed by atoms with Gasteiger partial charge in [-0.3, -0.25) is 66.8 Å². The third kappa shape index (κ3) is 31.4. The molecule has 696 valence electrons. The van der Waals surface area contributed by atoms with Crippen LogP contribution >= 0.6 is 45.1 Å². The first-order valence-corrected chi connectivity index (χ1v) is 48.8. The third-order valence-corrected chi connectivity index (χ3v) is 27.9. The lowest BCUT2D eigenvalue weighted by atomic mass is 9.65.